The summed E-state index contributed by atoms with van der Waals surface area (Å²) < 4.78 is 1.69. The summed E-state index contributed by atoms with van der Waals surface area (Å²) in [5, 5.41) is 14.7. The van der Waals surface area contributed by atoms with Crippen LogP contribution >= 0.6 is 0 Å². The molecule has 0 amide bonds. The lowest BCUT2D eigenvalue weighted by molar-refractivity contribution is 0.0697. The Labute approximate surface area is 124 Å². The normalized spacial score (nSPS) is 11.9. The van der Waals surface area contributed by atoms with E-state index in [9.17, 15) is 9.90 Å². The monoisotopic (exact) mass is 290 g/mol. The standard InChI is InChI=1S/C15H22N4O2/c1-9-11-12(18(5)8-15(2,3)4)10(14(20)21)7-16-13(11)19(6)17-9/h7H,8H2,1-6H3,(H,20,21). The Morgan fingerprint density at radius 1 is 1.43 bits per heavy atom. The number of aromatic carboxylic acids is 1. The van der Waals surface area contributed by atoms with Gasteiger partial charge in [-0.3, -0.25) is 4.68 Å². The van der Waals surface area contributed by atoms with E-state index in [0.717, 1.165) is 17.6 Å². The van der Waals surface area contributed by atoms with Gasteiger partial charge in [-0.2, -0.15) is 5.10 Å². The topological polar surface area (TPSA) is 71.2 Å². The summed E-state index contributed by atoms with van der Waals surface area (Å²) in [5.41, 5.74) is 2.45. The van der Waals surface area contributed by atoms with Gasteiger partial charge in [-0.25, -0.2) is 9.78 Å². The zero-order chi connectivity index (χ0) is 15.9. The van der Waals surface area contributed by atoms with E-state index in [2.05, 4.69) is 30.9 Å². The van der Waals surface area contributed by atoms with Gasteiger partial charge in [0.2, 0.25) is 0 Å². The average Bonchev–Trinajstić information content (AvgIpc) is 2.61. The van der Waals surface area contributed by atoms with Crippen LogP contribution in [0.3, 0.4) is 0 Å². The quantitative estimate of drug-likeness (QED) is 0.940. The minimum Gasteiger partial charge on any atom is -0.478 e. The number of aromatic nitrogens is 3. The van der Waals surface area contributed by atoms with Gasteiger partial charge < -0.3 is 10.0 Å². The molecule has 1 N–H and O–H groups in total. The summed E-state index contributed by atoms with van der Waals surface area (Å²) in [6.07, 6.45) is 1.42. The summed E-state index contributed by atoms with van der Waals surface area (Å²) in [5.74, 6) is -0.969. The highest BCUT2D eigenvalue weighted by atomic mass is 16.4. The second kappa shape index (κ2) is 5.02. The number of carboxylic acid groups (broad SMARTS) is 1. The van der Waals surface area contributed by atoms with Crippen molar-refractivity contribution in [2.75, 3.05) is 18.5 Å². The molecule has 0 atom stereocenters. The van der Waals surface area contributed by atoms with Crippen LogP contribution in [0, 0.1) is 12.3 Å². The minimum absolute atomic E-state index is 0.0518. The maximum absolute atomic E-state index is 11.6. The van der Waals surface area contributed by atoms with Gasteiger partial charge in [0.1, 0.15) is 5.56 Å². The number of hydrogen-bond acceptors (Lipinski definition) is 4. The molecule has 0 aromatic carbocycles. The van der Waals surface area contributed by atoms with E-state index < -0.39 is 5.97 Å². The van der Waals surface area contributed by atoms with Crippen molar-refractivity contribution in [1.82, 2.24) is 14.8 Å². The third-order valence-corrected chi connectivity index (χ3v) is 3.32. The first-order valence-electron chi connectivity index (χ1n) is 6.88. The first-order chi connectivity index (χ1) is 9.61. The van der Waals surface area contributed by atoms with Crippen molar-refractivity contribution in [3.05, 3.63) is 17.5 Å². The van der Waals surface area contributed by atoms with Crippen molar-refractivity contribution in [3.8, 4) is 0 Å². The molecule has 0 radical (unpaired) electrons. The Bertz CT molecular complexity index is 698. The Morgan fingerprint density at radius 2 is 2.05 bits per heavy atom. The first kappa shape index (κ1) is 15.3. The molecule has 0 bridgehead atoms. The number of fused-ring (bicyclic) bond motifs is 1. The molecule has 114 valence electrons. The van der Waals surface area contributed by atoms with E-state index in [-0.39, 0.29) is 11.0 Å². The van der Waals surface area contributed by atoms with Gasteiger partial charge in [-0.15, -0.1) is 0 Å². The molecule has 21 heavy (non-hydrogen) atoms. The molecule has 6 heteroatoms. The second-order valence-electron chi connectivity index (χ2n) is 6.65. The van der Waals surface area contributed by atoms with Crippen molar-refractivity contribution < 1.29 is 9.90 Å². The van der Waals surface area contributed by atoms with E-state index in [1.807, 2.05) is 25.9 Å². The van der Waals surface area contributed by atoms with Gasteiger partial charge in [-0.05, 0) is 12.3 Å². The van der Waals surface area contributed by atoms with Crippen LogP contribution in [0.25, 0.3) is 11.0 Å². The highest BCUT2D eigenvalue weighted by Gasteiger charge is 2.24. The van der Waals surface area contributed by atoms with E-state index in [0.29, 0.717) is 11.3 Å². The van der Waals surface area contributed by atoms with Gasteiger partial charge in [0.05, 0.1) is 16.8 Å². The number of hydrogen-bond donors (Lipinski definition) is 1. The molecule has 0 aliphatic heterocycles. The maximum atomic E-state index is 11.6. The molecule has 0 aliphatic rings. The number of pyridine rings is 1. The number of aryl methyl sites for hydroxylation is 2. The Balaban J connectivity index is 2.73. The lowest BCUT2D eigenvalue weighted by atomic mass is 9.95. The maximum Gasteiger partial charge on any atom is 0.339 e. The summed E-state index contributed by atoms with van der Waals surface area (Å²) >= 11 is 0. The van der Waals surface area contributed by atoms with Crippen molar-refractivity contribution in [2.45, 2.75) is 27.7 Å². The number of anilines is 1. The molecular weight excluding hydrogens is 268 g/mol. The molecule has 0 saturated heterocycles. The van der Waals surface area contributed by atoms with E-state index in [1.165, 1.54) is 6.20 Å². The molecule has 0 aliphatic carbocycles. The molecule has 0 spiro atoms. The van der Waals surface area contributed by atoms with Gasteiger partial charge in [0, 0.05) is 26.8 Å². The largest absolute Gasteiger partial charge is 0.478 e. The fourth-order valence-corrected chi connectivity index (χ4v) is 2.74. The molecule has 2 aromatic heterocycles. The highest BCUT2D eigenvalue weighted by Crippen LogP contribution is 2.32. The molecule has 0 fully saturated rings. The van der Waals surface area contributed by atoms with Crippen LogP contribution in [-0.2, 0) is 7.05 Å². The van der Waals surface area contributed by atoms with Crippen LogP contribution in [0.2, 0.25) is 0 Å². The zero-order valence-electron chi connectivity index (χ0n) is 13.4. The van der Waals surface area contributed by atoms with Crippen LogP contribution in [-0.4, -0.2) is 39.4 Å². The molecule has 2 heterocycles. The summed E-state index contributed by atoms with van der Waals surface area (Å²) in [4.78, 5) is 17.8. The van der Waals surface area contributed by atoms with Crippen LogP contribution in [0.4, 0.5) is 5.69 Å². The van der Waals surface area contributed by atoms with Gasteiger partial charge in [0.25, 0.3) is 0 Å². The number of carbonyl (C=O) groups is 1. The number of rotatable bonds is 3. The first-order valence-corrected chi connectivity index (χ1v) is 6.88. The lowest BCUT2D eigenvalue weighted by Gasteiger charge is -2.29. The van der Waals surface area contributed by atoms with Gasteiger partial charge in [-0.1, -0.05) is 20.8 Å². The van der Waals surface area contributed by atoms with Crippen LogP contribution in [0.5, 0.6) is 0 Å². The molecule has 6 nitrogen and oxygen atoms in total. The highest BCUT2D eigenvalue weighted by molar-refractivity contribution is 6.04. The minimum atomic E-state index is -0.969. The van der Waals surface area contributed by atoms with Crippen molar-refractivity contribution in [3.63, 3.8) is 0 Å². The SMILES string of the molecule is Cc1nn(C)c2ncc(C(=O)O)c(N(C)CC(C)(C)C)c12. The zero-order valence-corrected chi connectivity index (χ0v) is 13.4. The molecule has 0 unspecified atom stereocenters. The Hall–Kier alpha value is -2.11. The smallest absolute Gasteiger partial charge is 0.339 e. The van der Waals surface area contributed by atoms with Crippen molar-refractivity contribution in [2.24, 2.45) is 12.5 Å². The molecular formula is C15H22N4O2. The Kier molecular flexibility index (Phi) is 3.65. The Morgan fingerprint density at radius 3 is 2.57 bits per heavy atom. The predicted molar refractivity (Wildman–Crippen MR) is 82.9 cm³/mol. The average molecular weight is 290 g/mol. The second-order valence-corrected chi connectivity index (χ2v) is 6.65. The number of carboxylic acids is 1. The van der Waals surface area contributed by atoms with Gasteiger partial charge >= 0.3 is 5.97 Å². The third-order valence-electron chi connectivity index (χ3n) is 3.32. The molecule has 2 rings (SSSR count). The van der Waals surface area contributed by atoms with Crippen LogP contribution in [0.1, 0.15) is 36.8 Å². The van der Waals surface area contributed by atoms with Crippen molar-refractivity contribution in [1.29, 1.82) is 0 Å². The summed E-state index contributed by atoms with van der Waals surface area (Å²) in [6, 6.07) is 0. The van der Waals surface area contributed by atoms with E-state index in [4.69, 9.17) is 0 Å². The summed E-state index contributed by atoms with van der Waals surface area (Å²) in [6.45, 7) is 8.99. The van der Waals surface area contributed by atoms with Gasteiger partial charge in [0.15, 0.2) is 5.65 Å². The molecule has 0 saturated carbocycles. The van der Waals surface area contributed by atoms with E-state index in [1.54, 1.807) is 4.68 Å². The summed E-state index contributed by atoms with van der Waals surface area (Å²) in [7, 11) is 3.73. The number of nitrogens with zero attached hydrogens (tertiary/aromatic N) is 4. The fourth-order valence-electron chi connectivity index (χ4n) is 2.74. The van der Waals surface area contributed by atoms with Crippen LogP contribution < -0.4 is 4.90 Å². The van der Waals surface area contributed by atoms with Crippen molar-refractivity contribution >= 4 is 22.7 Å². The lowest BCUT2D eigenvalue weighted by Crippen LogP contribution is -2.30. The van der Waals surface area contributed by atoms with E-state index >= 15 is 0 Å². The fraction of sp³-hybridized carbons (Fsp3) is 0.533. The third kappa shape index (κ3) is 2.84. The predicted octanol–water partition coefficient (Wildman–Crippen LogP) is 2.46. The molecule has 2 aromatic rings. The van der Waals surface area contributed by atoms with Crippen LogP contribution in [0.15, 0.2) is 6.20 Å².